The van der Waals surface area contributed by atoms with Crippen LogP contribution >= 0.6 is 0 Å². The van der Waals surface area contributed by atoms with Crippen LogP contribution in [0.25, 0.3) is 0 Å². The van der Waals surface area contributed by atoms with Gasteiger partial charge in [-0.2, -0.15) is 0 Å². The molecule has 1 N–H and O–H groups in total. The lowest BCUT2D eigenvalue weighted by molar-refractivity contribution is -0.158. The Labute approximate surface area is 308 Å². The van der Waals surface area contributed by atoms with E-state index in [0.29, 0.717) is 18.5 Å². The fraction of sp³-hybridized carbons (Fsp3) is 0.714. The SMILES string of the molecule is CCCCCCCCC[C@@H](OC(=O)[C@@H]1CCCN1C(=O)C(C)=C[C@H](C(C)C)N(C)C(=O)[C@@H](NC(=O)[C@H]1CCCCN1C)C(C)C)c1ccccc1. The molecule has 3 rings (SSSR count). The second-order valence-electron chi connectivity index (χ2n) is 15.7. The summed E-state index contributed by atoms with van der Waals surface area (Å²) in [7, 11) is 3.71. The molecule has 9 nitrogen and oxygen atoms in total. The summed E-state index contributed by atoms with van der Waals surface area (Å²) < 4.78 is 6.20. The molecule has 5 atom stereocenters. The molecule has 1 aromatic carbocycles. The minimum Gasteiger partial charge on any atom is -0.456 e. The minimum atomic E-state index is -0.681. The lowest BCUT2D eigenvalue weighted by Crippen LogP contribution is -2.57. The Morgan fingerprint density at radius 1 is 0.882 bits per heavy atom. The zero-order valence-electron chi connectivity index (χ0n) is 33.0. The van der Waals surface area contributed by atoms with Crippen molar-refractivity contribution in [3.8, 4) is 0 Å². The third-order valence-corrected chi connectivity index (χ3v) is 10.8. The Bertz CT molecular complexity index is 1280. The smallest absolute Gasteiger partial charge is 0.329 e. The van der Waals surface area contributed by atoms with E-state index in [1.54, 1.807) is 23.8 Å². The first kappa shape index (κ1) is 42.2. The lowest BCUT2D eigenvalue weighted by Gasteiger charge is -2.36. The number of likely N-dealkylation sites (N-methyl/N-ethyl adjacent to an activating group) is 2. The summed E-state index contributed by atoms with van der Waals surface area (Å²) in [6.45, 7) is 13.3. The second-order valence-corrected chi connectivity index (χ2v) is 15.7. The molecule has 0 saturated carbocycles. The lowest BCUT2D eigenvalue weighted by atomic mass is 9.96. The second kappa shape index (κ2) is 21.4. The highest BCUT2D eigenvalue weighted by atomic mass is 16.5. The molecule has 1 aromatic rings. The fourth-order valence-corrected chi connectivity index (χ4v) is 7.56. The zero-order valence-corrected chi connectivity index (χ0v) is 33.0. The van der Waals surface area contributed by atoms with Crippen molar-refractivity contribution in [2.75, 3.05) is 27.2 Å². The molecule has 0 bridgehead atoms. The topological polar surface area (TPSA) is 99.3 Å². The van der Waals surface area contributed by atoms with Crippen molar-refractivity contribution in [1.82, 2.24) is 20.0 Å². The van der Waals surface area contributed by atoms with Gasteiger partial charge in [0.25, 0.3) is 0 Å². The molecule has 286 valence electrons. The summed E-state index contributed by atoms with van der Waals surface area (Å²) in [6, 6.07) is 8.00. The van der Waals surface area contributed by atoms with Gasteiger partial charge in [0.1, 0.15) is 18.2 Å². The van der Waals surface area contributed by atoms with Gasteiger partial charge in [-0.15, -0.1) is 0 Å². The first-order chi connectivity index (χ1) is 24.4. The van der Waals surface area contributed by atoms with Crippen LogP contribution in [0.5, 0.6) is 0 Å². The van der Waals surface area contributed by atoms with E-state index >= 15 is 0 Å². The van der Waals surface area contributed by atoms with Crippen LogP contribution in [0.4, 0.5) is 0 Å². The van der Waals surface area contributed by atoms with Gasteiger partial charge in [-0.25, -0.2) is 4.79 Å². The Kier molecular flexibility index (Phi) is 17.7. The minimum absolute atomic E-state index is 0.00677. The van der Waals surface area contributed by atoms with Gasteiger partial charge in [0.05, 0.1) is 12.1 Å². The molecular weight excluding hydrogens is 640 g/mol. The first-order valence-corrected chi connectivity index (χ1v) is 19.9. The number of ether oxygens (including phenoxy) is 1. The van der Waals surface area contributed by atoms with E-state index in [1.807, 2.05) is 71.2 Å². The Hall–Kier alpha value is -3.20. The van der Waals surface area contributed by atoms with Crippen LogP contribution in [0.2, 0.25) is 0 Å². The van der Waals surface area contributed by atoms with Gasteiger partial charge in [-0.3, -0.25) is 19.3 Å². The van der Waals surface area contributed by atoms with Crippen LogP contribution in [-0.4, -0.2) is 89.7 Å². The molecule has 0 aromatic heterocycles. The van der Waals surface area contributed by atoms with Crippen LogP contribution in [-0.2, 0) is 23.9 Å². The van der Waals surface area contributed by atoms with E-state index in [1.165, 1.54) is 32.1 Å². The van der Waals surface area contributed by atoms with Gasteiger partial charge in [0, 0.05) is 19.2 Å². The highest BCUT2D eigenvalue weighted by Gasteiger charge is 2.38. The van der Waals surface area contributed by atoms with Gasteiger partial charge < -0.3 is 19.9 Å². The van der Waals surface area contributed by atoms with Gasteiger partial charge in [0.2, 0.25) is 17.7 Å². The van der Waals surface area contributed by atoms with Crippen molar-refractivity contribution in [2.45, 2.75) is 155 Å². The molecule has 2 fully saturated rings. The molecule has 9 heteroatoms. The maximum atomic E-state index is 14.0. The Morgan fingerprint density at radius 2 is 1.53 bits per heavy atom. The number of benzene rings is 1. The van der Waals surface area contributed by atoms with Crippen molar-refractivity contribution < 1.29 is 23.9 Å². The third kappa shape index (κ3) is 12.5. The normalized spacial score (nSPS) is 20.3. The average Bonchev–Trinajstić information content (AvgIpc) is 3.61. The predicted molar refractivity (Wildman–Crippen MR) is 205 cm³/mol. The van der Waals surface area contributed by atoms with Crippen LogP contribution in [0.1, 0.15) is 137 Å². The number of amides is 3. The summed E-state index contributed by atoms with van der Waals surface area (Å²) >= 11 is 0. The van der Waals surface area contributed by atoms with E-state index in [9.17, 15) is 19.2 Å². The van der Waals surface area contributed by atoms with Gasteiger partial charge >= 0.3 is 5.97 Å². The number of rotatable bonds is 19. The molecule has 0 unspecified atom stereocenters. The molecule has 0 radical (unpaired) electrons. The van der Waals surface area contributed by atoms with Gasteiger partial charge in [0.15, 0.2) is 0 Å². The summed E-state index contributed by atoms with van der Waals surface area (Å²) in [5.41, 5.74) is 1.47. The molecule has 51 heavy (non-hydrogen) atoms. The van der Waals surface area contributed by atoms with Crippen LogP contribution in [0.3, 0.4) is 0 Å². The summed E-state index contributed by atoms with van der Waals surface area (Å²) in [5, 5.41) is 3.06. The number of likely N-dealkylation sites (tertiary alicyclic amines) is 2. The highest BCUT2D eigenvalue weighted by Crippen LogP contribution is 2.29. The number of nitrogens with one attached hydrogen (secondary N) is 1. The summed E-state index contributed by atoms with van der Waals surface area (Å²) in [4.78, 5) is 60.3. The van der Waals surface area contributed by atoms with Crippen molar-refractivity contribution in [3.63, 3.8) is 0 Å². The Balaban J connectivity index is 1.69. The maximum Gasteiger partial charge on any atom is 0.329 e. The molecule has 2 aliphatic rings. The molecular formula is C42H68N4O5. The summed E-state index contributed by atoms with van der Waals surface area (Å²) in [5.74, 6) is -0.950. The van der Waals surface area contributed by atoms with E-state index in [-0.39, 0.29) is 53.7 Å². The molecule has 2 heterocycles. The number of hydrogen-bond acceptors (Lipinski definition) is 6. The van der Waals surface area contributed by atoms with E-state index in [4.69, 9.17) is 4.74 Å². The van der Waals surface area contributed by atoms with Crippen molar-refractivity contribution in [3.05, 3.63) is 47.5 Å². The van der Waals surface area contributed by atoms with Crippen LogP contribution < -0.4 is 5.32 Å². The molecule has 3 amide bonds. The Morgan fingerprint density at radius 3 is 2.16 bits per heavy atom. The van der Waals surface area contributed by atoms with Crippen molar-refractivity contribution in [2.24, 2.45) is 11.8 Å². The number of nitrogens with zero attached hydrogens (tertiary/aromatic N) is 3. The summed E-state index contributed by atoms with van der Waals surface area (Å²) in [6.07, 6.45) is 14.7. The largest absolute Gasteiger partial charge is 0.456 e. The maximum absolute atomic E-state index is 14.0. The molecule has 2 saturated heterocycles. The monoisotopic (exact) mass is 709 g/mol. The fourth-order valence-electron chi connectivity index (χ4n) is 7.56. The number of carbonyl (C=O) groups is 4. The standard InChI is InChI=1S/C42H68N4O5/c1-9-10-11-12-13-14-18-26-37(33-22-16-15-17-23-33)51-42(50)35-25-21-28-46(35)40(48)32(6)29-36(30(2)3)45(8)41(49)38(31(4)5)43-39(47)34-24-19-20-27-44(34)7/h15-17,22-23,29-31,34-38H,9-14,18-21,24-28H2,1-8H3,(H,43,47)/t34-,35+,36-,37-,38+/m1/s1. The first-order valence-electron chi connectivity index (χ1n) is 19.9. The third-order valence-electron chi connectivity index (χ3n) is 10.8. The molecule has 2 aliphatic heterocycles. The van der Waals surface area contributed by atoms with Crippen LogP contribution in [0.15, 0.2) is 42.0 Å². The average molecular weight is 709 g/mol. The van der Waals surface area contributed by atoms with Gasteiger partial charge in [-0.05, 0) is 76.4 Å². The number of hydrogen-bond donors (Lipinski definition) is 1. The molecule has 0 aliphatic carbocycles. The van der Waals surface area contributed by atoms with E-state index in [2.05, 4.69) is 17.1 Å². The number of esters is 1. The number of piperidine rings is 1. The van der Waals surface area contributed by atoms with E-state index in [0.717, 1.165) is 57.1 Å². The zero-order chi connectivity index (χ0) is 37.5. The van der Waals surface area contributed by atoms with Crippen molar-refractivity contribution >= 4 is 23.7 Å². The van der Waals surface area contributed by atoms with Crippen molar-refractivity contribution in [1.29, 1.82) is 0 Å². The molecule has 0 spiro atoms. The van der Waals surface area contributed by atoms with E-state index < -0.39 is 12.1 Å². The number of carbonyl (C=O) groups excluding carboxylic acids is 4. The quantitative estimate of drug-likeness (QED) is 0.0911. The highest BCUT2D eigenvalue weighted by molar-refractivity contribution is 5.96. The van der Waals surface area contributed by atoms with Gasteiger partial charge in [-0.1, -0.05) is 116 Å². The number of unbranched alkanes of at least 4 members (excludes halogenated alkanes) is 6. The predicted octanol–water partition coefficient (Wildman–Crippen LogP) is 7.46. The van der Waals surface area contributed by atoms with Crippen LogP contribution in [0, 0.1) is 11.8 Å².